The number of hydrogen-bond acceptors (Lipinski definition) is 8. The SMILES string of the molecule is COc1ccc2cc1Oc1cccc(c1)CO[C@H]1CN(c3ccc(C(C)C)nn3)C[C@@H]1NC(=O)CN(C)C2. The highest BCUT2D eigenvalue weighted by Crippen LogP contribution is 2.33. The highest BCUT2D eigenvalue weighted by atomic mass is 16.5. The molecule has 3 heterocycles. The molecular weight excluding hydrogens is 482 g/mol. The number of carbonyl (C=O) groups excluding carboxylic acids is 1. The summed E-state index contributed by atoms with van der Waals surface area (Å²) in [5.74, 6) is 3.04. The van der Waals surface area contributed by atoms with Gasteiger partial charge in [-0.25, -0.2) is 0 Å². The van der Waals surface area contributed by atoms with E-state index in [1.807, 2.05) is 66.5 Å². The average molecular weight is 518 g/mol. The summed E-state index contributed by atoms with van der Waals surface area (Å²) in [6, 6.07) is 17.5. The molecule has 2 atom stereocenters. The molecule has 38 heavy (non-hydrogen) atoms. The van der Waals surface area contributed by atoms with Crippen LogP contribution in [0.2, 0.25) is 0 Å². The first-order chi connectivity index (χ1) is 18.4. The smallest absolute Gasteiger partial charge is 0.234 e. The van der Waals surface area contributed by atoms with Gasteiger partial charge >= 0.3 is 0 Å². The van der Waals surface area contributed by atoms with Crippen molar-refractivity contribution in [1.29, 1.82) is 0 Å². The van der Waals surface area contributed by atoms with E-state index >= 15 is 0 Å². The minimum absolute atomic E-state index is 0.0479. The van der Waals surface area contributed by atoms with Gasteiger partial charge in [0.2, 0.25) is 5.91 Å². The number of carbonyl (C=O) groups is 1. The molecule has 1 aromatic heterocycles. The minimum atomic E-state index is -0.207. The lowest BCUT2D eigenvalue weighted by atomic mass is 10.1. The van der Waals surface area contributed by atoms with E-state index in [1.165, 1.54) is 0 Å². The predicted octanol–water partition coefficient (Wildman–Crippen LogP) is 3.74. The number of aromatic nitrogens is 2. The van der Waals surface area contributed by atoms with Crippen LogP contribution in [0.3, 0.4) is 0 Å². The average Bonchev–Trinajstić information content (AvgIpc) is 3.29. The highest BCUT2D eigenvalue weighted by Gasteiger charge is 2.35. The van der Waals surface area contributed by atoms with Gasteiger partial charge in [-0.05, 0) is 60.5 Å². The van der Waals surface area contributed by atoms with Crippen LogP contribution in [-0.2, 0) is 22.7 Å². The molecule has 0 unspecified atom stereocenters. The van der Waals surface area contributed by atoms with Gasteiger partial charge in [0.15, 0.2) is 17.3 Å². The molecule has 0 aliphatic carbocycles. The fourth-order valence-electron chi connectivity index (χ4n) is 4.87. The van der Waals surface area contributed by atoms with Crippen LogP contribution in [0.5, 0.6) is 17.2 Å². The van der Waals surface area contributed by atoms with Crippen LogP contribution < -0.4 is 19.7 Å². The fraction of sp³-hybridized carbons (Fsp3) is 0.414. The molecule has 200 valence electrons. The Morgan fingerprint density at radius 2 is 1.89 bits per heavy atom. The Kier molecular flexibility index (Phi) is 7.76. The molecule has 1 N–H and O–H groups in total. The molecule has 1 saturated heterocycles. The van der Waals surface area contributed by atoms with E-state index < -0.39 is 0 Å². The minimum Gasteiger partial charge on any atom is -0.493 e. The number of fused-ring (bicyclic) bond motifs is 5. The van der Waals surface area contributed by atoms with Crippen molar-refractivity contribution in [3.05, 3.63) is 71.4 Å². The number of methoxy groups -OCH3 is 1. The molecule has 1 fully saturated rings. The van der Waals surface area contributed by atoms with E-state index in [1.54, 1.807) is 7.11 Å². The van der Waals surface area contributed by atoms with Crippen molar-refractivity contribution in [2.75, 3.05) is 38.7 Å². The van der Waals surface area contributed by atoms with Gasteiger partial charge in [-0.15, -0.1) is 5.10 Å². The molecule has 1 amide bonds. The third kappa shape index (κ3) is 6.06. The van der Waals surface area contributed by atoms with E-state index in [-0.39, 0.29) is 24.6 Å². The first kappa shape index (κ1) is 25.9. The Morgan fingerprint density at radius 1 is 1.03 bits per heavy atom. The fourth-order valence-corrected chi connectivity index (χ4v) is 4.87. The molecule has 5 rings (SSSR count). The van der Waals surface area contributed by atoms with Crippen molar-refractivity contribution in [1.82, 2.24) is 20.4 Å². The molecule has 2 aliphatic heterocycles. The van der Waals surface area contributed by atoms with Gasteiger partial charge in [-0.3, -0.25) is 9.69 Å². The lowest BCUT2D eigenvalue weighted by molar-refractivity contribution is -0.123. The highest BCUT2D eigenvalue weighted by molar-refractivity contribution is 5.78. The zero-order valence-corrected chi connectivity index (χ0v) is 22.4. The molecular formula is C29H35N5O4. The van der Waals surface area contributed by atoms with E-state index in [0.29, 0.717) is 49.4 Å². The molecule has 4 bridgehead atoms. The summed E-state index contributed by atoms with van der Waals surface area (Å²) in [4.78, 5) is 17.2. The number of ether oxygens (including phenoxy) is 3. The summed E-state index contributed by atoms with van der Waals surface area (Å²) in [5.41, 5.74) is 2.96. The normalized spacial score (nSPS) is 20.6. The third-order valence-electron chi connectivity index (χ3n) is 6.88. The van der Waals surface area contributed by atoms with Crippen LogP contribution >= 0.6 is 0 Å². The van der Waals surface area contributed by atoms with Crippen LogP contribution in [0.1, 0.15) is 36.6 Å². The lowest BCUT2D eigenvalue weighted by Crippen LogP contribution is -2.47. The van der Waals surface area contributed by atoms with Gasteiger partial charge in [0.25, 0.3) is 0 Å². The number of benzene rings is 2. The molecule has 0 saturated carbocycles. The van der Waals surface area contributed by atoms with Crippen LogP contribution in [0.4, 0.5) is 5.82 Å². The Balaban J connectivity index is 1.40. The largest absolute Gasteiger partial charge is 0.493 e. The van der Waals surface area contributed by atoms with Gasteiger partial charge < -0.3 is 24.4 Å². The van der Waals surface area contributed by atoms with Gasteiger partial charge in [-0.2, -0.15) is 5.10 Å². The van der Waals surface area contributed by atoms with E-state index in [0.717, 1.165) is 22.6 Å². The Hall–Kier alpha value is -3.69. The molecule has 3 aromatic rings. The number of amides is 1. The maximum Gasteiger partial charge on any atom is 0.234 e. The van der Waals surface area contributed by atoms with Crippen molar-refractivity contribution in [3.63, 3.8) is 0 Å². The van der Waals surface area contributed by atoms with E-state index in [9.17, 15) is 4.79 Å². The number of hydrogen-bond donors (Lipinski definition) is 1. The monoisotopic (exact) mass is 517 g/mol. The standard InChI is InChI=1S/C29H35N5O4/c1-19(2)23-9-11-28(32-31-23)34-15-24-27(16-34)37-18-21-6-5-7-22(12-21)38-26-13-20(8-10-25(26)36-4)14-33(3)17-29(35)30-24/h5-13,19,24,27H,14-18H2,1-4H3,(H,30,35)/t24-,27-/m0/s1. The Labute approximate surface area is 223 Å². The first-order valence-electron chi connectivity index (χ1n) is 13.0. The summed E-state index contributed by atoms with van der Waals surface area (Å²) in [6.45, 7) is 6.63. The quantitative estimate of drug-likeness (QED) is 0.562. The summed E-state index contributed by atoms with van der Waals surface area (Å²) >= 11 is 0. The summed E-state index contributed by atoms with van der Waals surface area (Å²) in [7, 11) is 3.55. The third-order valence-corrected chi connectivity index (χ3v) is 6.88. The van der Waals surface area contributed by atoms with Crippen LogP contribution in [-0.4, -0.2) is 66.9 Å². The Bertz CT molecular complexity index is 1270. The maximum atomic E-state index is 13.1. The number of anilines is 1. The second-order valence-corrected chi connectivity index (χ2v) is 10.3. The number of nitrogens with zero attached hydrogens (tertiary/aromatic N) is 4. The van der Waals surface area contributed by atoms with Gasteiger partial charge in [0.1, 0.15) is 5.75 Å². The second-order valence-electron chi connectivity index (χ2n) is 10.3. The van der Waals surface area contributed by atoms with Crippen molar-refractivity contribution in [2.45, 2.75) is 45.1 Å². The van der Waals surface area contributed by atoms with E-state index in [2.05, 4.69) is 34.3 Å². The zero-order valence-electron chi connectivity index (χ0n) is 22.4. The van der Waals surface area contributed by atoms with Crippen LogP contribution in [0.15, 0.2) is 54.6 Å². The van der Waals surface area contributed by atoms with Crippen molar-refractivity contribution < 1.29 is 19.0 Å². The van der Waals surface area contributed by atoms with Crippen LogP contribution in [0, 0.1) is 0 Å². The summed E-state index contributed by atoms with van der Waals surface area (Å²) < 4.78 is 18.1. The zero-order chi connectivity index (χ0) is 26.6. The number of likely N-dealkylation sites (N-methyl/N-ethyl adjacent to an activating group) is 1. The predicted molar refractivity (Wildman–Crippen MR) is 145 cm³/mol. The summed E-state index contributed by atoms with van der Waals surface area (Å²) in [6.07, 6.45) is -0.207. The topological polar surface area (TPSA) is 89.0 Å². The van der Waals surface area contributed by atoms with Crippen molar-refractivity contribution in [2.24, 2.45) is 0 Å². The van der Waals surface area contributed by atoms with Crippen LogP contribution in [0.25, 0.3) is 0 Å². The van der Waals surface area contributed by atoms with Gasteiger partial charge in [0.05, 0.1) is 38.1 Å². The van der Waals surface area contributed by atoms with Gasteiger partial charge in [-0.1, -0.05) is 32.0 Å². The second kappa shape index (κ2) is 11.4. The van der Waals surface area contributed by atoms with Crippen molar-refractivity contribution >= 4 is 11.7 Å². The number of nitrogens with one attached hydrogen (secondary N) is 1. The number of rotatable bonds is 3. The lowest BCUT2D eigenvalue weighted by Gasteiger charge is -2.23. The van der Waals surface area contributed by atoms with Gasteiger partial charge in [0, 0.05) is 19.6 Å². The molecule has 2 aliphatic rings. The molecule has 9 nitrogen and oxygen atoms in total. The molecule has 9 heteroatoms. The maximum absolute atomic E-state index is 13.1. The molecule has 0 radical (unpaired) electrons. The van der Waals surface area contributed by atoms with E-state index in [4.69, 9.17) is 14.2 Å². The van der Waals surface area contributed by atoms with Crippen molar-refractivity contribution in [3.8, 4) is 17.2 Å². The molecule has 2 aromatic carbocycles. The first-order valence-corrected chi connectivity index (χ1v) is 13.0. The summed E-state index contributed by atoms with van der Waals surface area (Å²) in [5, 5.41) is 12.0. The Morgan fingerprint density at radius 3 is 2.66 bits per heavy atom. The molecule has 0 spiro atoms.